The number of carbonyl (C=O) groups excluding carboxylic acids is 2. The zero-order chi connectivity index (χ0) is 24.6. The van der Waals surface area contributed by atoms with Gasteiger partial charge >= 0.3 is 11.8 Å². The maximum Gasteiger partial charge on any atom is 0.313 e. The molecule has 0 radical (unpaired) electrons. The molecule has 3 aromatic heterocycles. The quantitative estimate of drug-likeness (QED) is 0.298. The minimum Gasteiger partial charge on any atom is -0.346 e. The van der Waals surface area contributed by atoms with Gasteiger partial charge in [-0.1, -0.05) is 30.3 Å². The smallest absolute Gasteiger partial charge is 0.313 e. The molecular weight excluding hydrogens is 472 g/mol. The van der Waals surface area contributed by atoms with Crippen molar-refractivity contribution < 1.29 is 9.59 Å². The molecule has 0 unspecified atom stereocenters. The maximum atomic E-state index is 12.7. The summed E-state index contributed by atoms with van der Waals surface area (Å²) in [6, 6.07) is 21.8. The molecule has 0 aliphatic carbocycles. The molecule has 36 heavy (non-hydrogen) atoms. The Morgan fingerprint density at radius 2 is 1.83 bits per heavy atom. The maximum absolute atomic E-state index is 12.7. The average molecular weight is 495 g/mol. The van der Waals surface area contributed by atoms with Crippen LogP contribution in [0.25, 0.3) is 42.5 Å². The molecule has 8 nitrogen and oxygen atoms in total. The van der Waals surface area contributed by atoms with Crippen molar-refractivity contribution in [2.24, 2.45) is 0 Å². The van der Waals surface area contributed by atoms with Gasteiger partial charge in [-0.3, -0.25) is 14.7 Å². The highest BCUT2D eigenvalue weighted by Crippen LogP contribution is 2.38. The van der Waals surface area contributed by atoms with Crippen LogP contribution < -0.4 is 10.6 Å². The number of aromatic nitrogens is 4. The van der Waals surface area contributed by atoms with E-state index in [2.05, 4.69) is 44.0 Å². The Balaban J connectivity index is 1.18. The normalized spacial score (nSPS) is 11.4. The lowest BCUT2D eigenvalue weighted by Gasteiger charge is -2.10. The van der Waals surface area contributed by atoms with E-state index in [4.69, 9.17) is 0 Å². The Morgan fingerprint density at radius 1 is 1.00 bits per heavy atom. The van der Waals surface area contributed by atoms with E-state index in [0.717, 1.165) is 43.6 Å². The summed E-state index contributed by atoms with van der Waals surface area (Å²) >= 11 is 1.67. The van der Waals surface area contributed by atoms with Crippen molar-refractivity contribution in [2.45, 2.75) is 13.5 Å². The monoisotopic (exact) mass is 494 g/mol. The number of fused-ring (bicyclic) bond motifs is 3. The number of aryl methyl sites for hydroxylation is 1. The van der Waals surface area contributed by atoms with Gasteiger partial charge in [0.1, 0.15) is 5.82 Å². The molecule has 0 saturated carbocycles. The third-order valence-corrected chi connectivity index (χ3v) is 7.32. The first-order chi connectivity index (χ1) is 17.6. The van der Waals surface area contributed by atoms with E-state index in [1.54, 1.807) is 17.5 Å². The first-order valence-electron chi connectivity index (χ1n) is 11.5. The van der Waals surface area contributed by atoms with Gasteiger partial charge in [0, 0.05) is 39.3 Å². The van der Waals surface area contributed by atoms with Crippen molar-refractivity contribution in [3.63, 3.8) is 0 Å². The van der Waals surface area contributed by atoms with Crippen LogP contribution in [-0.2, 0) is 16.1 Å². The molecule has 0 spiro atoms. The predicted octanol–water partition coefficient (Wildman–Crippen LogP) is 4.86. The molecule has 6 rings (SSSR count). The van der Waals surface area contributed by atoms with Crippen molar-refractivity contribution in [3.05, 3.63) is 78.8 Å². The number of nitrogens with one attached hydrogen (secondary N) is 3. The van der Waals surface area contributed by atoms with Crippen LogP contribution in [0.4, 0.5) is 5.69 Å². The lowest BCUT2D eigenvalue weighted by Crippen LogP contribution is -2.37. The lowest BCUT2D eigenvalue weighted by molar-refractivity contribution is -0.136. The van der Waals surface area contributed by atoms with Gasteiger partial charge in [-0.05, 0) is 48.7 Å². The van der Waals surface area contributed by atoms with Crippen LogP contribution in [0.5, 0.6) is 0 Å². The Bertz CT molecular complexity index is 1730. The first kappa shape index (κ1) is 22.0. The predicted molar refractivity (Wildman–Crippen MR) is 143 cm³/mol. The molecule has 0 bridgehead atoms. The topological polar surface area (TPSA) is 105 Å². The van der Waals surface area contributed by atoms with Gasteiger partial charge in [0.05, 0.1) is 22.7 Å². The number of rotatable bonds is 5. The number of hydrogen-bond donors (Lipinski definition) is 3. The number of benzene rings is 3. The Kier molecular flexibility index (Phi) is 5.46. The molecule has 2 amide bonds. The van der Waals surface area contributed by atoms with Crippen LogP contribution >= 0.6 is 11.3 Å². The van der Waals surface area contributed by atoms with E-state index in [0.29, 0.717) is 18.8 Å². The number of nitrogens with zero attached hydrogens (tertiary/aromatic N) is 3. The highest BCUT2D eigenvalue weighted by molar-refractivity contribution is 7.22. The van der Waals surface area contributed by atoms with E-state index in [9.17, 15) is 9.59 Å². The molecule has 0 aliphatic rings. The van der Waals surface area contributed by atoms with Crippen LogP contribution in [-0.4, -0.2) is 38.1 Å². The largest absolute Gasteiger partial charge is 0.346 e. The number of carbonyl (C=O) groups is 2. The molecule has 6 aromatic rings. The Morgan fingerprint density at radius 3 is 2.72 bits per heavy atom. The third-order valence-electron chi connectivity index (χ3n) is 6.17. The van der Waals surface area contributed by atoms with Crippen LogP contribution in [0.1, 0.15) is 5.82 Å². The van der Waals surface area contributed by atoms with Crippen LogP contribution in [0, 0.1) is 6.92 Å². The standard InChI is InChI=1S/C27H22N6O2S/c1-16-30-21-7-3-4-8-22(21)33(16)11-10-28-26(34)27(35)31-19-12-18-15-29-32-25(18)20(14-19)24-13-17-6-2-5-9-23(17)36-24/h2-9,12-15H,10-11H2,1H3,(H,28,34)(H,29,32)(H,31,35). The zero-order valence-corrected chi connectivity index (χ0v) is 20.2. The van der Waals surface area contributed by atoms with Crippen LogP contribution in [0.3, 0.4) is 0 Å². The molecule has 9 heteroatoms. The van der Waals surface area contributed by atoms with Gasteiger partial charge in [-0.15, -0.1) is 11.3 Å². The fraction of sp³-hybridized carbons (Fsp3) is 0.111. The second kappa shape index (κ2) is 8.94. The fourth-order valence-corrected chi connectivity index (χ4v) is 5.55. The van der Waals surface area contributed by atoms with Crippen LogP contribution in [0.15, 0.2) is 72.9 Å². The van der Waals surface area contributed by atoms with Gasteiger partial charge in [-0.25, -0.2) is 4.98 Å². The van der Waals surface area contributed by atoms with Crippen molar-refractivity contribution in [1.82, 2.24) is 25.1 Å². The number of aromatic amines is 1. The van der Waals surface area contributed by atoms with Gasteiger partial charge in [-0.2, -0.15) is 5.10 Å². The number of imidazole rings is 1. The van der Waals surface area contributed by atoms with Gasteiger partial charge in [0.25, 0.3) is 0 Å². The summed E-state index contributed by atoms with van der Waals surface area (Å²) in [6.07, 6.45) is 1.71. The zero-order valence-electron chi connectivity index (χ0n) is 19.4. The molecule has 0 saturated heterocycles. The highest BCUT2D eigenvalue weighted by Gasteiger charge is 2.17. The minimum absolute atomic E-state index is 0.307. The average Bonchev–Trinajstić information content (AvgIpc) is 3.60. The summed E-state index contributed by atoms with van der Waals surface area (Å²) in [4.78, 5) is 30.8. The number of amides is 2. The molecule has 178 valence electrons. The van der Waals surface area contributed by atoms with Crippen molar-refractivity contribution >= 4 is 60.9 Å². The molecule has 0 aliphatic heterocycles. The van der Waals surface area contributed by atoms with Gasteiger partial charge in [0.2, 0.25) is 0 Å². The molecule has 0 atom stereocenters. The number of para-hydroxylation sites is 2. The van der Waals surface area contributed by atoms with E-state index in [-0.39, 0.29) is 0 Å². The van der Waals surface area contributed by atoms with Crippen molar-refractivity contribution in [2.75, 3.05) is 11.9 Å². The minimum atomic E-state index is -0.715. The molecule has 3 aromatic carbocycles. The summed E-state index contributed by atoms with van der Waals surface area (Å²) in [5.41, 5.74) is 4.24. The second-order valence-corrected chi connectivity index (χ2v) is 9.60. The molecule has 3 heterocycles. The third kappa shape index (κ3) is 3.99. The van der Waals surface area contributed by atoms with Crippen molar-refractivity contribution in [1.29, 1.82) is 0 Å². The van der Waals surface area contributed by atoms with E-state index in [1.165, 1.54) is 4.70 Å². The molecule has 0 fully saturated rings. The highest BCUT2D eigenvalue weighted by atomic mass is 32.1. The summed E-state index contributed by atoms with van der Waals surface area (Å²) in [6.45, 7) is 2.75. The fourth-order valence-electron chi connectivity index (χ4n) is 4.47. The second-order valence-electron chi connectivity index (χ2n) is 8.52. The SMILES string of the molecule is Cc1nc2ccccc2n1CCNC(=O)C(=O)Nc1cc(-c2cc3ccccc3s2)c2[nH]ncc2c1. The Labute approximate surface area is 210 Å². The number of thiophene rings is 1. The summed E-state index contributed by atoms with van der Waals surface area (Å²) < 4.78 is 3.20. The van der Waals surface area contributed by atoms with Gasteiger partial charge < -0.3 is 15.2 Å². The van der Waals surface area contributed by atoms with E-state index >= 15 is 0 Å². The molecule has 3 N–H and O–H groups in total. The number of hydrogen-bond acceptors (Lipinski definition) is 5. The summed E-state index contributed by atoms with van der Waals surface area (Å²) in [7, 11) is 0. The first-order valence-corrected chi connectivity index (χ1v) is 12.4. The van der Waals surface area contributed by atoms with E-state index in [1.807, 2.05) is 60.0 Å². The van der Waals surface area contributed by atoms with Crippen LogP contribution in [0.2, 0.25) is 0 Å². The lowest BCUT2D eigenvalue weighted by atomic mass is 10.1. The number of H-pyrrole nitrogens is 1. The molecular formula is C27H22N6O2S. The summed E-state index contributed by atoms with van der Waals surface area (Å²) in [5, 5.41) is 14.7. The van der Waals surface area contributed by atoms with Crippen molar-refractivity contribution in [3.8, 4) is 10.4 Å². The van der Waals surface area contributed by atoms with Gasteiger partial charge in [0.15, 0.2) is 0 Å². The summed E-state index contributed by atoms with van der Waals surface area (Å²) in [5.74, 6) is -0.544. The number of anilines is 1. The van der Waals surface area contributed by atoms with E-state index < -0.39 is 11.8 Å². The Hall–Kier alpha value is -4.50.